The number of unbranched alkanes of at least 4 members (excludes halogenated alkanes) is 1. The Bertz CT molecular complexity index is 668. The molecule has 3 N–H and O–H groups in total. The molecule has 0 aromatic heterocycles. The Balaban J connectivity index is 2.90. The van der Waals surface area contributed by atoms with Gasteiger partial charge in [-0.1, -0.05) is 52.1 Å². The fourth-order valence-electron chi connectivity index (χ4n) is 2.37. The Morgan fingerprint density at radius 1 is 1.23 bits per heavy atom. The number of carboxylic acid groups (broad SMARTS) is 1. The maximum absolute atomic E-state index is 12.4. The van der Waals surface area contributed by atoms with Crippen LogP contribution in [0.1, 0.15) is 63.7 Å². The van der Waals surface area contributed by atoms with Crippen molar-refractivity contribution < 1.29 is 19.5 Å². The number of carbonyl (C=O) groups excluding carboxylic acids is 2. The second-order valence-corrected chi connectivity index (χ2v) is 7.89. The van der Waals surface area contributed by atoms with Crippen molar-refractivity contribution >= 4 is 35.1 Å². The number of hydrogen-bond acceptors (Lipinski definition) is 3. The average Bonchev–Trinajstić information content (AvgIpc) is 2.50. The van der Waals surface area contributed by atoms with Crippen LogP contribution in [0, 0.1) is 5.41 Å². The minimum atomic E-state index is -1.09. The van der Waals surface area contributed by atoms with Crippen molar-refractivity contribution in [3.63, 3.8) is 0 Å². The second-order valence-electron chi connectivity index (χ2n) is 7.49. The predicted molar refractivity (Wildman–Crippen MR) is 103 cm³/mol. The van der Waals surface area contributed by atoms with E-state index >= 15 is 0 Å². The highest BCUT2D eigenvalue weighted by Crippen LogP contribution is 2.23. The Morgan fingerprint density at radius 3 is 2.42 bits per heavy atom. The Morgan fingerprint density at radius 2 is 1.88 bits per heavy atom. The lowest BCUT2D eigenvalue weighted by Crippen LogP contribution is -2.40. The highest BCUT2D eigenvalue weighted by molar-refractivity contribution is 6.34. The molecule has 0 bridgehead atoms. The van der Waals surface area contributed by atoms with Crippen molar-refractivity contribution in [2.24, 2.45) is 5.41 Å². The van der Waals surface area contributed by atoms with Gasteiger partial charge >= 0.3 is 5.97 Å². The fraction of sp³-hybridized carbons (Fsp3) is 0.526. The Hall–Kier alpha value is -2.08. The van der Waals surface area contributed by atoms with Gasteiger partial charge in [0.05, 0.1) is 10.6 Å². The van der Waals surface area contributed by atoms with E-state index < -0.39 is 17.9 Å². The molecule has 1 unspecified atom stereocenters. The SMILES string of the molecule is CCCCC(NC(=O)c1cc(NC(=O)CC(C)(C)C)ccc1Cl)C(=O)O. The molecule has 0 fully saturated rings. The lowest BCUT2D eigenvalue weighted by Gasteiger charge is -2.18. The second kappa shape index (κ2) is 9.57. The van der Waals surface area contributed by atoms with Crippen LogP contribution in [-0.2, 0) is 9.59 Å². The molecule has 1 rings (SSSR count). The molecule has 0 aliphatic heterocycles. The Kier molecular flexibility index (Phi) is 8.08. The van der Waals surface area contributed by atoms with Crippen LogP contribution < -0.4 is 10.6 Å². The number of anilines is 1. The van der Waals surface area contributed by atoms with Crippen LogP contribution >= 0.6 is 11.6 Å². The van der Waals surface area contributed by atoms with Crippen LogP contribution in [0.25, 0.3) is 0 Å². The van der Waals surface area contributed by atoms with Crippen LogP contribution in [-0.4, -0.2) is 28.9 Å². The van der Waals surface area contributed by atoms with Gasteiger partial charge in [0, 0.05) is 12.1 Å². The number of carboxylic acids is 1. The molecule has 1 aromatic carbocycles. The molecule has 2 amide bonds. The van der Waals surface area contributed by atoms with Crippen molar-refractivity contribution in [3.8, 4) is 0 Å². The number of amides is 2. The maximum Gasteiger partial charge on any atom is 0.326 e. The number of carbonyl (C=O) groups is 3. The molecular weight excluding hydrogens is 356 g/mol. The van der Waals surface area contributed by atoms with Crippen LogP contribution in [0.3, 0.4) is 0 Å². The minimum Gasteiger partial charge on any atom is -0.480 e. The first kappa shape index (κ1) is 22.0. The topological polar surface area (TPSA) is 95.5 Å². The van der Waals surface area contributed by atoms with E-state index in [-0.39, 0.29) is 21.9 Å². The predicted octanol–water partition coefficient (Wildman–Crippen LogP) is 4.09. The largest absolute Gasteiger partial charge is 0.480 e. The summed E-state index contributed by atoms with van der Waals surface area (Å²) in [4.78, 5) is 35.8. The van der Waals surface area contributed by atoms with Crippen LogP contribution in [0.4, 0.5) is 5.69 Å². The van der Waals surface area contributed by atoms with E-state index in [2.05, 4.69) is 10.6 Å². The summed E-state index contributed by atoms with van der Waals surface area (Å²) in [5, 5.41) is 14.7. The van der Waals surface area contributed by atoms with Crippen molar-refractivity contribution in [2.75, 3.05) is 5.32 Å². The lowest BCUT2D eigenvalue weighted by atomic mass is 9.92. The van der Waals surface area contributed by atoms with Crippen LogP contribution in [0.15, 0.2) is 18.2 Å². The molecule has 0 aliphatic rings. The first-order valence-corrected chi connectivity index (χ1v) is 9.04. The molecule has 7 heteroatoms. The van der Waals surface area contributed by atoms with Gasteiger partial charge in [-0.25, -0.2) is 4.79 Å². The number of hydrogen-bond donors (Lipinski definition) is 3. The molecular formula is C19H27ClN2O4. The Labute approximate surface area is 159 Å². The molecule has 0 radical (unpaired) electrons. The summed E-state index contributed by atoms with van der Waals surface area (Å²) in [5.74, 6) is -1.83. The highest BCUT2D eigenvalue weighted by atomic mass is 35.5. The van der Waals surface area contributed by atoms with Crippen molar-refractivity contribution in [2.45, 2.75) is 59.4 Å². The van der Waals surface area contributed by atoms with E-state index in [4.69, 9.17) is 11.6 Å². The van der Waals surface area contributed by atoms with Gasteiger partial charge in [0.25, 0.3) is 5.91 Å². The number of rotatable bonds is 8. The standard InChI is InChI=1S/C19H27ClN2O4/c1-5-6-7-15(18(25)26)22-17(24)13-10-12(8-9-14(13)20)21-16(23)11-19(2,3)4/h8-10,15H,5-7,11H2,1-4H3,(H,21,23)(H,22,24)(H,25,26). The van der Waals surface area contributed by atoms with Crippen LogP contribution in [0.2, 0.25) is 5.02 Å². The molecule has 0 aliphatic carbocycles. The van der Waals surface area contributed by atoms with Gasteiger partial charge in [-0.3, -0.25) is 9.59 Å². The summed E-state index contributed by atoms with van der Waals surface area (Å²) < 4.78 is 0. The number of halogens is 1. The zero-order valence-electron chi connectivity index (χ0n) is 15.7. The van der Waals surface area contributed by atoms with E-state index in [1.165, 1.54) is 12.1 Å². The number of nitrogens with one attached hydrogen (secondary N) is 2. The van der Waals surface area contributed by atoms with Crippen LogP contribution in [0.5, 0.6) is 0 Å². The number of benzene rings is 1. The van der Waals surface area contributed by atoms with E-state index in [9.17, 15) is 19.5 Å². The third-order valence-corrected chi connectivity index (χ3v) is 3.96. The van der Waals surface area contributed by atoms with Crippen molar-refractivity contribution in [1.82, 2.24) is 5.32 Å². The summed E-state index contributed by atoms with van der Waals surface area (Å²) in [6.07, 6.45) is 2.19. The summed E-state index contributed by atoms with van der Waals surface area (Å²) in [6.45, 7) is 7.81. The lowest BCUT2D eigenvalue weighted by molar-refractivity contribution is -0.139. The van der Waals surface area contributed by atoms with Gasteiger partial charge in [0.2, 0.25) is 5.91 Å². The van der Waals surface area contributed by atoms with Gasteiger partial charge in [0.15, 0.2) is 0 Å². The summed E-state index contributed by atoms with van der Waals surface area (Å²) in [6, 6.07) is 3.59. The first-order valence-electron chi connectivity index (χ1n) is 8.66. The van der Waals surface area contributed by atoms with Crippen molar-refractivity contribution in [1.29, 1.82) is 0 Å². The van der Waals surface area contributed by atoms with E-state index in [0.29, 0.717) is 24.9 Å². The van der Waals surface area contributed by atoms with Gasteiger partial charge < -0.3 is 15.7 Å². The van der Waals surface area contributed by atoms with Gasteiger partial charge in [-0.2, -0.15) is 0 Å². The normalized spacial score (nSPS) is 12.3. The minimum absolute atomic E-state index is 0.128. The van der Waals surface area contributed by atoms with Gasteiger partial charge in [0.1, 0.15) is 6.04 Å². The molecule has 0 saturated heterocycles. The monoisotopic (exact) mass is 382 g/mol. The third kappa shape index (κ3) is 7.44. The van der Waals surface area contributed by atoms with Crippen molar-refractivity contribution in [3.05, 3.63) is 28.8 Å². The highest BCUT2D eigenvalue weighted by Gasteiger charge is 2.22. The van der Waals surface area contributed by atoms with Gasteiger partial charge in [-0.05, 0) is 30.0 Å². The van der Waals surface area contributed by atoms with Gasteiger partial charge in [-0.15, -0.1) is 0 Å². The zero-order chi connectivity index (χ0) is 19.9. The first-order chi connectivity index (χ1) is 12.0. The summed E-state index contributed by atoms with van der Waals surface area (Å²) in [5.41, 5.74) is 0.405. The van der Waals surface area contributed by atoms with E-state index in [1.807, 2.05) is 27.7 Å². The molecule has 26 heavy (non-hydrogen) atoms. The fourth-order valence-corrected chi connectivity index (χ4v) is 2.57. The molecule has 0 spiro atoms. The number of aliphatic carboxylic acids is 1. The third-order valence-electron chi connectivity index (χ3n) is 3.64. The maximum atomic E-state index is 12.4. The molecule has 0 heterocycles. The zero-order valence-corrected chi connectivity index (χ0v) is 16.4. The molecule has 6 nitrogen and oxygen atoms in total. The quantitative estimate of drug-likeness (QED) is 0.631. The smallest absolute Gasteiger partial charge is 0.326 e. The molecule has 144 valence electrons. The summed E-state index contributed by atoms with van der Waals surface area (Å²) >= 11 is 6.08. The molecule has 1 aromatic rings. The molecule has 1 atom stereocenters. The molecule has 0 saturated carbocycles. The van der Waals surface area contributed by atoms with E-state index in [1.54, 1.807) is 6.07 Å². The van der Waals surface area contributed by atoms with E-state index in [0.717, 1.165) is 6.42 Å². The summed E-state index contributed by atoms with van der Waals surface area (Å²) in [7, 11) is 0. The average molecular weight is 383 g/mol.